The molecule has 106 valence electrons. The van der Waals surface area contributed by atoms with Crippen LogP contribution in [0, 0.1) is 0 Å². The summed E-state index contributed by atoms with van der Waals surface area (Å²) in [4.78, 5) is 4.07. The van der Waals surface area contributed by atoms with Gasteiger partial charge in [0, 0.05) is 29.7 Å². The number of rotatable bonds is 6. The van der Waals surface area contributed by atoms with Crippen molar-refractivity contribution in [3.05, 3.63) is 42.6 Å². The second-order valence-electron chi connectivity index (χ2n) is 4.56. The van der Waals surface area contributed by atoms with E-state index in [1.165, 1.54) is 0 Å². The van der Waals surface area contributed by atoms with Crippen molar-refractivity contribution in [2.45, 2.75) is 26.4 Å². The number of hydrogen-bond acceptors (Lipinski definition) is 5. The summed E-state index contributed by atoms with van der Waals surface area (Å²) in [5.41, 5.74) is 4.39. The van der Waals surface area contributed by atoms with Crippen LogP contribution in [0.25, 0.3) is 0 Å². The molecular formula is C15H20N4O. The van der Waals surface area contributed by atoms with Crippen molar-refractivity contribution >= 4 is 17.2 Å². The fourth-order valence-electron chi connectivity index (χ4n) is 1.72. The van der Waals surface area contributed by atoms with Gasteiger partial charge in [0.05, 0.1) is 6.10 Å². The van der Waals surface area contributed by atoms with Gasteiger partial charge in [-0.3, -0.25) is 0 Å². The number of benzene rings is 1. The van der Waals surface area contributed by atoms with E-state index < -0.39 is 0 Å². The molecule has 0 aliphatic rings. The van der Waals surface area contributed by atoms with Gasteiger partial charge in [-0.2, -0.15) is 0 Å². The van der Waals surface area contributed by atoms with Gasteiger partial charge in [0.2, 0.25) is 0 Å². The molecule has 0 aliphatic heterocycles. The Bertz CT molecular complexity index is 559. The van der Waals surface area contributed by atoms with Gasteiger partial charge < -0.3 is 15.5 Å². The number of ether oxygens (including phenoxy) is 1. The third-order valence-corrected chi connectivity index (χ3v) is 2.94. The van der Waals surface area contributed by atoms with Crippen molar-refractivity contribution in [3.63, 3.8) is 0 Å². The number of nitrogens with two attached hydrogens (primary N) is 1. The second-order valence-corrected chi connectivity index (χ2v) is 4.56. The molecule has 5 nitrogen and oxygen atoms in total. The van der Waals surface area contributed by atoms with Crippen molar-refractivity contribution in [3.8, 4) is 5.75 Å². The van der Waals surface area contributed by atoms with Gasteiger partial charge in [0.1, 0.15) is 11.6 Å². The summed E-state index contributed by atoms with van der Waals surface area (Å²) in [7, 11) is 0. The standard InChI is InChI=1S/C15H20N4O/c1-3-11(2)20-14-6-4-5-12(9-14)18-13-7-8-17-15(10-13)19-16/h4-11H,3,16H2,1-2H3,(H2,17,18,19). The smallest absolute Gasteiger partial charge is 0.141 e. The van der Waals surface area contributed by atoms with Crippen LogP contribution in [0.1, 0.15) is 20.3 Å². The molecule has 0 saturated carbocycles. The lowest BCUT2D eigenvalue weighted by Crippen LogP contribution is -2.09. The van der Waals surface area contributed by atoms with Gasteiger partial charge in [-0.1, -0.05) is 13.0 Å². The fraction of sp³-hybridized carbons (Fsp3) is 0.267. The average molecular weight is 272 g/mol. The van der Waals surface area contributed by atoms with E-state index in [9.17, 15) is 0 Å². The molecule has 1 aromatic heterocycles. The van der Waals surface area contributed by atoms with E-state index in [4.69, 9.17) is 10.6 Å². The van der Waals surface area contributed by atoms with Gasteiger partial charge in [0.15, 0.2) is 0 Å². The maximum atomic E-state index is 5.80. The Morgan fingerprint density at radius 3 is 2.80 bits per heavy atom. The van der Waals surface area contributed by atoms with E-state index in [-0.39, 0.29) is 6.10 Å². The van der Waals surface area contributed by atoms with E-state index in [0.717, 1.165) is 23.5 Å². The van der Waals surface area contributed by atoms with Gasteiger partial charge >= 0.3 is 0 Å². The Kier molecular flexibility index (Phi) is 4.79. The van der Waals surface area contributed by atoms with Crippen LogP contribution in [0.5, 0.6) is 5.75 Å². The minimum Gasteiger partial charge on any atom is -0.491 e. The molecule has 5 heteroatoms. The number of anilines is 3. The Morgan fingerprint density at radius 1 is 1.25 bits per heavy atom. The third kappa shape index (κ3) is 3.86. The maximum absolute atomic E-state index is 5.80. The number of hydrazine groups is 1. The first-order valence-electron chi connectivity index (χ1n) is 6.67. The number of aromatic nitrogens is 1. The van der Waals surface area contributed by atoms with E-state index in [1.54, 1.807) is 6.20 Å². The van der Waals surface area contributed by atoms with E-state index >= 15 is 0 Å². The first kappa shape index (κ1) is 14.1. The van der Waals surface area contributed by atoms with Crippen LogP contribution in [-0.2, 0) is 0 Å². The highest BCUT2D eigenvalue weighted by molar-refractivity contribution is 5.63. The molecule has 2 rings (SSSR count). The zero-order chi connectivity index (χ0) is 14.4. The SMILES string of the molecule is CCC(C)Oc1cccc(Nc2ccnc(NN)c2)c1. The summed E-state index contributed by atoms with van der Waals surface area (Å²) >= 11 is 0. The summed E-state index contributed by atoms with van der Waals surface area (Å²) in [5.74, 6) is 6.82. The minimum absolute atomic E-state index is 0.208. The Labute approximate surface area is 119 Å². The van der Waals surface area contributed by atoms with Crippen LogP contribution in [0.3, 0.4) is 0 Å². The van der Waals surface area contributed by atoms with Crippen molar-refractivity contribution < 1.29 is 4.74 Å². The summed E-state index contributed by atoms with van der Waals surface area (Å²) in [5, 5.41) is 3.29. The molecule has 1 aromatic carbocycles. The quantitative estimate of drug-likeness (QED) is 0.556. The molecule has 2 aromatic rings. The number of pyridine rings is 1. The van der Waals surface area contributed by atoms with Crippen LogP contribution >= 0.6 is 0 Å². The van der Waals surface area contributed by atoms with Gasteiger partial charge in [0.25, 0.3) is 0 Å². The normalized spacial score (nSPS) is 11.8. The minimum atomic E-state index is 0.208. The number of nitrogens with zero attached hydrogens (tertiary/aromatic N) is 1. The van der Waals surface area contributed by atoms with Crippen molar-refractivity contribution in [1.29, 1.82) is 0 Å². The molecular weight excluding hydrogens is 252 g/mol. The number of nitrogen functional groups attached to an aromatic ring is 1. The lowest BCUT2D eigenvalue weighted by Gasteiger charge is -2.14. The summed E-state index contributed by atoms with van der Waals surface area (Å²) in [6, 6.07) is 11.6. The predicted octanol–water partition coefficient (Wildman–Crippen LogP) is 3.29. The predicted molar refractivity (Wildman–Crippen MR) is 82.2 cm³/mol. The highest BCUT2D eigenvalue weighted by Gasteiger charge is 2.03. The van der Waals surface area contributed by atoms with Crippen LogP contribution in [0.4, 0.5) is 17.2 Å². The molecule has 0 fully saturated rings. The Morgan fingerprint density at radius 2 is 2.05 bits per heavy atom. The summed E-state index contributed by atoms with van der Waals surface area (Å²) in [6.45, 7) is 4.16. The molecule has 1 heterocycles. The first-order valence-corrected chi connectivity index (χ1v) is 6.67. The largest absolute Gasteiger partial charge is 0.491 e. The summed E-state index contributed by atoms with van der Waals surface area (Å²) < 4.78 is 5.80. The van der Waals surface area contributed by atoms with Crippen molar-refractivity contribution in [2.75, 3.05) is 10.7 Å². The van der Waals surface area contributed by atoms with Gasteiger partial charge in [-0.25, -0.2) is 10.8 Å². The monoisotopic (exact) mass is 272 g/mol. The first-order chi connectivity index (χ1) is 9.71. The molecule has 4 N–H and O–H groups in total. The lowest BCUT2D eigenvalue weighted by molar-refractivity contribution is 0.217. The zero-order valence-electron chi connectivity index (χ0n) is 11.8. The average Bonchev–Trinajstić information content (AvgIpc) is 2.47. The maximum Gasteiger partial charge on any atom is 0.141 e. The molecule has 1 unspecified atom stereocenters. The molecule has 0 amide bonds. The van der Waals surface area contributed by atoms with E-state index in [2.05, 4.69) is 29.6 Å². The molecule has 20 heavy (non-hydrogen) atoms. The number of hydrogen-bond donors (Lipinski definition) is 3. The third-order valence-electron chi connectivity index (χ3n) is 2.94. The zero-order valence-corrected chi connectivity index (χ0v) is 11.8. The van der Waals surface area contributed by atoms with E-state index in [0.29, 0.717) is 5.82 Å². The molecule has 0 bridgehead atoms. The van der Waals surface area contributed by atoms with Crippen LogP contribution in [0.2, 0.25) is 0 Å². The topological polar surface area (TPSA) is 72.2 Å². The fourth-order valence-corrected chi connectivity index (χ4v) is 1.72. The molecule has 1 atom stereocenters. The highest BCUT2D eigenvalue weighted by atomic mass is 16.5. The molecule has 0 radical (unpaired) electrons. The van der Waals surface area contributed by atoms with Crippen LogP contribution < -0.4 is 21.3 Å². The molecule has 0 saturated heterocycles. The second kappa shape index (κ2) is 6.77. The lowest BCUT2D eigenvalue weighted by atomic mass is 10.2. The highest BCUT2D eigenvalue weighted by Crippen LogP contribution is 2.23. The Balaban J connectivity index is 2.10. The van der Waals surface area contributed by atoms with Crippen molar-refractivity contribution in [2.24, 2.45) is 5.84 Å². The van der Waals surface area contributed by atoms with Crippen LogP contribution in [-0.4, -0.2) is 11.1 Å². The van der Waals surface area contributed by atoms with Crippen molar-refractivity contribution in [1.82, 2.24) is 4.98 Å². The molecule has 0 spiro atoms. The van der Waals surface area contributed by atoms with Gasteiger partial charge in [-0.05, 0) is 31.5 Å². The van der Waals surface area contributed by atoms with E-state index in [1.807, 2.05) is 36.4 Å². The Hall–Kier alpha value is -2.27. The van der Waals surface area contributed by atoms with Gasteiger partial charge in [-0.15, -0.1) is 0 Å². The summed E-state index contributed by atoms with van der Waals surface area (Å²) in [6.07, 6.45) is 2.88. The van der Waals surface area contributed by atoms with Crippen LogP contribution in [0.15, 0.2) is 42.6 Å². The number of nitrogens with one attached hydrogen (secondary N) is 2. The molecule has 0 aliphatic carbocycles.